The molecular weight excluding hydrogens is 192 g/mol. The molecule has 3 heteroatoms. The molecule has 0 aliphatic heterocycles. The molecule has 1 heterocycles. The smallest absolute Gasteiger partial charge is 0.0798 e. The van der Waals surface area contributed by atoms with Gasteiger partial charge < -0.3 is 5.73 Å². The molecule has 0 saturated heterocycles. The van der Waals surface area contributed by atoms with Gasteiger partial charge in [-0.25, -0.2) is 4.98 Å². The summed E-state index contributed by atoms with van der Waals surface area (Å²) < 4.78 is 0. The Kier molecular flexibility index (Phi) is 2.99. The van der Waals surface area contributed by atoms with E-state index in [-0.39, 0.29) is 6.04 Å². The average Bonchev–Trinajstić information content (AvgIpc) is 2.65. The zero-order chi connectivity index (χ0) is 9.97. The highest BCUT2D eigenvalue weighted by Gasteiger charge is 2.17. The molecule has 2 N–H and O–H groups in total. The van der Waals surface area contributed by atoms with Crippen LogP contribution in [-0.4, -0.2) is 4.98 Å². The van der Waals surface area contributed by atoms with Crippen molar-refractivity contribution in [1.29, 1.82) is 0 Å². The third kappa shape index (κ3) is 1.88. The molecule has 0 bridgehead atoms. The minimum Gasteiger partial charge on any atom is -0.320 e. The van der Waals surface area contributed by atoms with E-state index in [1.54, 1.807) is 11.3 Å². The zero-order valence-electron chi connectivity index (χ0n) is 8.49. The molecule has 1 atom stereocenters. The fourth-order valence-corrected chi connectivity index (χ4v) is 2.77. The summed E-state index contributed by atoms with van der Waals surface area (Å²) in [6.07, 6.45) is 7.28. The van der Waals surface area contributed by atoms with E-state index in [2.05, 4.69) is 11.1 Å². The van der Waals surface area contributed by atoms with Crippen LogP contribution < -0.4 is 5.73 Å². The van der Waals surface area contributed by atoms with E-state index in [1.165, 1.54) is 36.1 Å². The van der Waals surface area contributed by atoms with Crippen LogP contribution in [0.3, 0.4) is 0 Å². The summed E-state index contributed by atoms with van der Waals surface area (Å²) in [6, 6.07) is 0.0998. The second kappa shape index (κ2) is 4.24. The predicted molar refractivity (Wildman–Crippen MR) is 60.3 cm³/mol. The van der Waals surface area contributed by atoms with Gasteiger partial charge in [-0.2, -0.15) is 0 Å². The summed E-state index contributed by atoms with van der Waals surface area (Å²) in [5, 5.41) is 0. The molecule has 1 aromatic rings. The molecular formula is C11H16N2S. The summed E-state index contributed by atoms with van der Waals surface area (Å²) >= 11 is 1.67. The van der Waals surface area contributed by atoms with Crippen molar-refractivity contribution >= 4 is 11.3 Å². The molecule has 0 fully saturated rings. The summed E-state index contributed by atoms with van der Waals surface area (Å²) in [6.45, 7) is 2.04. The first-order chi connectivity index (χ1) is 6.79. The maximum atomic E-state index is 6.22. The van der Waals surface area contributed by atoms with Crippen molar-refractivity contribution in [3.63, 3.8) is 0 Å². The van der Waals surface area contributed by atoms with E-state index in [0.29, 0.717) is 0 Å². The number of aryl methyl sites for hydroxylation is 1. The first kappa shape index (κ1) is 9.87. The van der Waals surface area contributed by atoms with Crippen molar-refractivity contribution in [2.45, 2.75) is 38.6 Å². The summed E-state index contributed by atoms with van der Waals surface area (Å²) in [5.41, 5.74) is 10.6. The van der Waals surface area contributed by atoms with Crippen LogP contribution >= 0.6 is 11.3 Å². The molecule has 2 rings (SSSR count). The van der Waals surface area contributed by atoms with Crippen LogP contribution in [0.1, 0.15) is 42.3 Å². The number of aromatic nitrogens is 1. The standard InChI is InChI=1S/C11H16N2S/c1-8-11(14-7-13-8)10(12)9-5-3-2-4-6-9/h5,7,10H,2-4,6,12H2,1H3. The van der Waals surface area contributed by atoms with Crippen LogP contribution in [0.15, 0.2) is 17.2 Å². The molecule has 76 valence electrons. The Morgan fingerprint density at radius 3 is 2.93 bits per heavy atom. The van der Waals surface area contributed by atoms with Gasteiger partial charge in [0.05, 0.1) is 17.2 Å². The minimum atomic E-state index is 0.0998. The van der Waals surface area contributed by atoms with Crippen molar-refractivity contribution in [2.75, 3.05) is 0 Å². The normalized spacial score (nSPS) is 19.1. The quantitative estimate of drug-likeness (QED) is 0.759. The SMILES string of the molecule is Cc1ncsc1C(N)C1=CCCCC1. The monoisotopic (exact) mass is 208 g/mol. The summed E-state index contributed by atoms with van der Waals surface area (Å²) in [4.78, 5) is 5.48. The zero-order valence-corrected chi connectivity index (χ0v) is 9.31. The fourth-order valence-electron chi connectivity index (χ4n) is 1.92. The van der Waals surface area contributed by atoms with Gasteiger partial charge in [0.15, 0.2) is 0 Å². The summed E-state index contributed by atoms with van der Waals surface area (Å²) in [5.74, 6) is 0. The average molecular weight is 208 g/mol. The number of hydrogen-bond acceptors (Lipinski definition) is 3. The Morgan fingerprint density at radius 1 is 1.50 bits per heavy atom. The number of nitrogens with zero attached hydrogens (tertiary/aromatic N) is 1. The lowest BCUT2D eigenvalue weighted by atomic mass is 9.93. The van der Waals surface area contributed by atoms with Crippen LogP contribution in [0, 0.1) is 6.92 Å². The largest absolute Gasteiger partial charge is 0.320 e. The van der Waals surface area contributed by atoms with Gasteiger partial charge in [-0.05, 0) is 32.6 Å². The maximum Gasteiger partial charge on any atom is 0.0798 e. The van der Waals surface area contributed by atoms with E-state index >= 15 is 0 Å². The summed E-state index contributed by atoms with van der Waals surface area (Å²) in [7, 11) is 0. The van der Waals surface area contributed by atoms with Crippen molar-refractivity contribution < 1.29 is 0 Å². The van der Waals surface area contributed by atoms with E-state index < -0.39 is 0 Å². The third-order valence-electron chi connectivity index (χ3n) is 2.79. The first-order valence-corrected chi connectivity index (χ1v) is 6.01. The van der Waals surface area contributed by atoms with Gasteiger partial charge in [-0.15, -0.1) is 11.3 Å². The second-order valence-electron chi connectivity index (χ2n) is 3.80. The fraction of sp³-hybridized carbons (Fsp3) is 0.545. The minimum absolute atomic E-state index is 0.0998. The molecule has 0 spiro atoms. The Hall–Kier alpha value is -0.670. The van der Waals surface area contributed by atoms with Crippen molar-refractivity contribution in [3.05, 3.63) is 27.7 Å². The molecule has 0 aromatic carbocycles. The topological polar surface area (TPSA) is 38.9 Å². The molecule has 0 saturated carbocycles. The van der Waals surface area contributed by atoms with Crippen LogP contribution in [-0.2, 0) is 0 Å². The number of allylic oxidation sites excluding steroid dienone is 1. The molecule has 2 nitrogen and oxygen atoms in total. The van der Waals surface area contributed by atoms with Crippen LogP contribution in [0.2, 0.25) is 0 Å². The number of rotatable bonds is 2. The van der Waals surface area contributed by atoms with E-state index in [4.69, 9.17) is 5.73 Å². The highest BCUT2D eigenvalue weighted by molar-refractivity contribution is 7.09. The van der Waals surface area contributed by atoms with Gasteiger partial charge in [0, 0.05) is 4.88 Å². The van der Waals surface area contributed by atoms with Gasteiger partial charge in [-0.1, -0.05) is 11.6 Å². The van der Waals surface area contributed by atoms with Gasteiger partial charge in [0.1, 0.15) is 0 Å². The van der Waals surface area contributed by atoms with Crippen LogP contribution in [0.25, 0.3) is 0 Å². The molecule has 0 radical (unpaired) electrons. The molecule has 1 aromatic heterocycles. The lowest BCUT2D eigenvalue weighted by Gasteiger charge is -2.18. The predicted octanol–water partition coefficient (Wildman–Crippen LogP) is 2.95. The molecule has 14 heavy (non-hydrogen) atoms. The third-order valence-corrected chi connectivity index (χ3v) is 3.80. The number of nitrogens with two attached hydrogens (primary N) is 1. The molecule has 1 aliphatic carbocycles. The van der Waals surface area contributed by atoms with E-state index in [0.717, 1.165) is 5.69 Å². The van der Waals surface area contributed by atoms with Crippen molar-refractivity contribution in [1.82, 2.24) is 4.98 Å². The number of thiazole rings is 1. The highest BCUT2D eigenvalue weighted by Crippen LogP contribution is 2.31. The van der Waals surface area contributed by atoms with E-state index in [9.17, 15) is 0 Å². The number of hydrogen-bond donors (Lipinski definition) is 1. The van der Waals surface area contributed by atoms with Gasteiger partial charge in [0.25, 0.3) is 0 Å². The Balaban J connectivity index is 2.19. The lowest BCUT2D eigenvalue weighted by Crippen LogP contribution is -2.14. The first-order valence-electron chi connectivity index (χ1n) is 5.13. The molecule has 1 unspecified atom stereocenters. The highest BCUT2D eigenvalue weighted by atomic mass is 32.1. The lowest BCUT2D eigenvalue weighted by molar-refractivity contribution is 0.650. The van der Waals surface area contributed by atoms with Crippen LogP contribution in [0.4, 0.5) is 0 Å². The second-order valence-corrected chi connectivity index (χ2v) is 4.69. The Bertz CT molecular complexity index is 341. The molecule has 0 amide bonds. The van der Waals surface area contributed by atoms with Gasteiger partial charge >= 0.3 is 0 Å². The van der Waals surface area contributed by atoms with Crippen molar-refractivity contribution in [3.8, 4) is 0 Å². The Labute approximate surface area is 88.9 Å². The van der Waals surface area contributed by atoms with Crippen molar-refractivity contribution in [2.24, 2.45) is 5.73 Å². The van der Waals surface area contributed by atoms with Crippen LogP contribution in [0.5, 0.6) is 0 Å². The van der Waals surface area contributed by atoms with Gasteiger partial charge in [-0.3, -0.25) is 0 Å². The molecule has 1 aliphatic rings. The van der Waals surface area contributed by atoms with E-state index in [1.807, 2.05) is 12.4 Å². The maximum absolute atomic E-state index is 6.22. The van der Waals surface area contributed by atoms with Gasteiger partial charge in [0.2, 0.25) is 0 Å². The Morgan fingerprint density at radius 2 is 2.36 bits per heavy atom.